The maximum absolute atomic E-state index is 5.82. The van der Waals surface area contributed by atoms with Gasteiger partial charge in [0, 0.05) is 25.2 Å². The standard InChI is InChI=1S/C20H20N2O4/c1-2-4-16-15(3-1)22-19(26-16)21-12-20(7-9-23-10-8-20)14-5-6-17-18(11-14)25-13-24-17/h1-6,11H,7-10,12-13H2,(H,21,22). The average Bonchev–Trinajstić information content (AvgIpc) is 3.32. The summed E-state index contributed by atoms with van der Waals surface area (Å²) in [6, 6.07) is 14.6. The van der Waals surface area contributed by atoms with Crippen LogP contribution in [0, 0.1) is 0 Å². The van der Waals surface area contributed by atoms with Gasteiger partial charge in [0.25, 0.3) is 6.01 Å². The maximum Gasteiger partial charge on any atom is 0.295 e. The van der Waals surface area contributed by atoms with E-state index in [-0.39, 0.29) is 12.2 Å². The first kappa shape index (κ1) is 15.5. The highest BCUT2D eigenvalue weighted by Gasteiger charge is 2.36. The Labute approximate surface area is 151 Å². The van der Waals surface area contributed by atoms with E-state index >= 15 is 0 Å². The zero-order valence-electron chi connectivity index (χ0n) is 14.4. The van der Waals surface area contributed by atoms with Gasteiger partial charge >= 0.3 is 0 Å². The van der Waals surface area contributed by atoms with Crippen LogP contribution in [-0.2, 0) is 10.2 Å². The van der Waals surface area contributed by atoms with E-state index in [9.17, 15) is 0 Å². The highest BCUT2D eigenvalue weighted by Crippen LogP contribution is 2.41. The van der Waals surface area contributed by atoms with E-state index in [1.807, 2.05) is 30.3 Å². The third kappa shape index (κ3) is 2.66. The molecular weight excluding hydrogens is 332 g/mol. The number of hydrogen-bond acceptors (Lipinski definition) is 6. The molecule has 2 aliphatic rings. The molecule has 2 aliphatic heterocycles. The van der Waals surface area contributed by atoms with Crippen molar-refractivity contribution in [3.63, 3.8) is 0 Å². The van der Waals surface area contributed by atoms with E-state index in [1.165, 1.54) is 5.56 Å². The number of ether oxygens (including phenoxy) is 3. The van der Waals surface area contributed by atoms with Crippen LogP contribution in [0.5, 0.6) is 11.5 Å². The lowest BCUT2D eigenvalue weighted by atomic mass is 9.74. The number of hydrogen-bond donors (Lipinski definition) is 1. The topological polar surface area (TPSA) is 65.8 Å². The van der Waals surface area contributed by atoms with Crippen LogP contribution in [0.1, 0.15) is 18.4 Å². The number of para-hydroxylation sites is 2. The maximum atomic E-state index is 5.82. The predicted octanol–water partition coefficient (Wildman–Crippen LogP) is 3.72. The average molecular weight is 352 g/mol. The van der Waals surface area contributed by atoms with Crippen LogP contribution in [0.25, 0.3) is 11.1 Å². The van der Waals surface area contributed by atoms with Crippen LogP contribution in [0.4, 0.5) is 6.01 Å². The number of anilines is 1. The summed E-state index contributed by atoms with van der Waals surface area (Å²) in [6.45, 7) is 2.49. The quantitative estimate of drug-likeness (QED) is 0.772. The molecule has 1 N–H and O–H groups in total. The molecule has 0 radical (unpaired) electrons. The zero-order valence-corrected chi connectivity index (χ0v) is 14.4. The van der Waals surface area contributed by atoms with Gasteiger partial charge in [-0.2, -0.15) is 4.98 Å². The van der Waals surface area contributed by atoms with Crippen LogP contribution in [-0.4, -0.2) is 31.5 Å². The molecular formula is C20H20N2O4. The van der Waals surface area contributed by atoms with Crippen LogP contribution in [0.2, 0.25) is 0 Å². The molecule has 0 spiro atoms. The normalized spacial score (nSPS) is 18.2. The summed E-state index contributed by atoms with van der Waals surface area (Å²) in [6.07, 6.45) is 1.86. The molecule has 26 heavy (non-hydrogen) atoms. The molecule has 6 nitrogen and oxygen atoms in total. The lowest BCUT2D eigenvalue weighted by Gasteiger charge is -2.37. The Balaban J connectivity index is 1.43. The van der Waals surface area contributed by atoms with E-state index in [1.54, 1.807) is 0 Å². The van der Waals surface area contributed by atoms with Gasteiger partial charge in [0.15, 0.2) is 17.1 Å². The zero-order chi connectivity index (χ0) is 17.4. The Hall–Kier alpha value is -2.73. The Morgan fingerprint density at radius 1 is 1.00 bits per heavy atom. The van der Waals surface area contributed by atoms with Gasteiger partial charge in [0.2, 0.25) is 6.79 Å². The highest BCUT2D eigenvalue weighted by molar-refractivity contribution is 5.74. The molecule has 3 aromatic rings. The number of nitrogens with zero attached hydrogens (tertiary/aromatic N) is 1. The van der Waals surface area contributed by atoms with Crippen LogP contribution in [0.15, 0.2) is 46.9 Å². The van der Waals surface area contributed by atoms with Crippen molar-refractivity contribution in [1.82, 2.24) is 4.98 Å². The fourth-order valence-electron chi connectivity index (χ4n) is 3.75. The third-order valence-corrected chi connectivity index (χ3v) is 5.31. The van der Waals surface area contributed by atoms with Gasteiger partial charge in [0.05, 0.1) is 0 Å². The van der Waals surface area contributed by atoms with Crippen LogP contribution >= 0.6 is 0 Å². The van der Waals surface area contributed by atoms with Crippen molar-refractivity contribution in [1.29, 1.82) is 0 Å². The monoisotopic (exact) mass is 352 g/mol. The number of oxazole rings is 1. The summed E-state index contributed by atoms with van der Waals surface area (Å²) in [7, 11) is 0. The van der Waals surface area contributed by atoms with Crippen molar-refractivity contribution < 1.29 is 18.6 Å². The van der Waals surface area contributed by atoms with E-state index in [4.69, 9.17) is 18.6 Å². The summed E-state index contributed by atoms with van der Waals surface area (Å²) < 4.78 is 22.5. The van der Waals surface area contributed by atoms with Gasteiger partial charge in [0.1, 0.15) is 5.52 Å². The van der Waals surface area contributed by atoms with Crippen LogP contribution < -0.4 is 14.8 Å². The molecule has 1 fully saturated rings. The summed E-state index contributed by atoms with van der Waals surface area (Å²) in [4.78, 5) is 4.53. The Bertz CT molecular complexity index is 897. The largest absolute Gasteiger partial charge is 0.454 e. The van der Waals surface area contributed by atoms with Crippen molar-refractivity contribution in [2.24, 2.45) is 0 Å². The Morgan fingerprint density at radius 3 is 2.73 bits per heavy atom. The molecule has 0 amide bonds. The van der Waals surface area contributed by atoms with Crippen molar-refractivity contribution in [3.8, 4) is 11.5 Å². The fourth-order valence-corrected chi connectivity index (χ4v) is 3.75. The molecule has 0 bridgehead atoms. The summed E-state index contributed by atoms with van der Waals surface area (Å²) in [5, 5.41) is 3.41. The molecule has 1 saturated heterocycles. The number of nitrogens with one attached hydrogen (secondary N) is 1. The second kappa shape index (κ2) is 6.21. The molecule has 0 atom stereocenters. The van der Waals surface area contributed by atoms with Gasteiger partial charge in [-0.05, 0) is 42.7 Å². The van der Waals surface area contributed by atoms with Gasteiger partial charge in [-0.25, -0.2) is 0 Å². The first-order valence-electron chi connectivity index (χ1n) is 8.90. The molecule has 0 saturated carbocycles. The van der Waals surface area contributed by atoms with E-state index in [0.717, 1.165) is 55.2 Å². The number of rotatable bonds is 4. The van der Waals surface area contributed by atoms with Crippen molar-refractivity contribution in [2.75, 3.05) is 31.9 Å². The lowest BCUT2D eigenvalue weighted by molar-refractivity contribution is 0.0541. The van der Waals surface area contributed by atoms with Crippen LogP contribution in [0.3, 0.4) is 0 Å². The van der Waals surface area contributed by atoms with E-state index in [2.05, 4.69) is 22.4 Å². The second-order valence-electron chi connectivity index (χ2n) is 6.80. The number of aromatic nitrogens is 1. The van der Waals surface area contributed by atoms with E-state index in [0.29, 0.717) is 6.01 Å². The van der Waals surface area contributed by atoms with Gasteiger partial charge in [-0.1, -0.05) is 18.2 Å². The molecule has 0 aliphatic carbocycles. The second-order valence-corrected chi connectivity index (χ2v) is 6.80. The first-order chi connectivity index (χ1) is 12.8. The smallest absolute Gasteiger partial charge is 0.295 e. The molecule has 134 valence electrons. The minimum atomic E-state index is -0.0557. The minimum Gasteiger partial charge on any atom is -0.454 e. The molecule has 2 aromatic carbocycles. The number of fused-ring (bicyclic) bond motifs is 2. The summed E-state index contributed by atoms with van der Waals surface area (Å²) in [5.74, 6) is 1.62. The minimum absolute atomic E-state index is 0.0557. The summed E-state index contributed by atoms with van der Waals surface area (Å²) in [5.41, 5.74) is 2.83. The fraction of sp³-hybridized carbons (Fsp3) is 0.350. The van der Waals surface area contributed by atoms with Gasteiger partial charge < -0.3 is 23.9 Å². The van der Waals surface area contributed by atoms with Gasteiger partial charge in [-0.15, -0.1) is 0 Å². The van der Waals surface area contributed by atoms with Crippen molar-refractivity contribution >= 4 is 17.1 Å². The Morgan fingerprint density at radius 2 is 1.85 bits per heavy atom. The molecule has 1 aromatic heterocycles. The lowest BCUT2D eigenvalue weighted by Crippen LogP contribution is -2.40. The van der Waals surface area contributed by atoms with E-state index < -0.39 is 0 Å². The molecule has 3 heterocycles. The third-order valence-electron chi connectivity index (χ3n) is 5.31. The molecule has 0 unspecified atom stereocenters. The SMILES string of the molecule is c1ccc2oc(NCC3(c4ccc5c(c4)OCO5)CCOCC3)nc2c1. The predicted molar refractivity (Wildman–Crippen MR) is 96.8 cm³/mol. The van der Waals surface area contributed by atoms with Gasteiger partial charge in [-0.3, -0.25) is 0 Å². The first-order valence-corrected chi connectivity index (χ1v) is 8.90. The molecule has 5 rings (SSSR count). The van der Waals surface area contributed by atoms with Crippen molar-refractivity contribution in [3.05, 3.63) is 48.0 Å². The molecule has 6 heteroatoms. The van der Waals surface area contributed by atoms with Crippen molar-refractivity contribution in [2.45, 2.75) is 18.3 Å². The highest BCUT2D eigenvalue weighted by atomic mass is 16.7. The summed E-state index contributed by atoms with van der Waals surface area (Å²) >= 11 is 0. The Kier molecular flexibility index (Phi) is 3.71. The number of benzene rings is 2.